The molecule has 186 valence electrons. The van der Waals surface area contributed by atoms with Crippen molar-refractivity contribution in [2.75, 3.05) is 18.9 Å². The second-order valence-corrected chi connectivity index (χ2v) is 9.29. The van der Waals surface area contributed by atoms with Crippen LogP contribution in [0.25, 0.3) is 0 Å². The summed E-state index contributed by atoms with van der Waals surface area (Å²) >= 11 is 0. The third-order valence-electron chi connectivity index (χ3n) is 7.02. The van der Waals surface area contributed by atoms with Gasteiger partial charge in [-0.25, -0.2) is 9.47 Å². The first kappa shape index (κ1) is 24.3. The van der Waals surface area contributed by atoms with Crippen LogP contribution < -0.4 is 5.32 Å². The molecule has 8 heteroatoms. The van der Waals surface area contributed by atoms with Gasteiger partial charge in [0.2, 0.25) is 5.84 Å². The lowest BCUT2D eigenvalue weighted by Gasteiger charge is -2.29. The molecule has 3 aliphatic heterocycles. The average Bonchev–Trinajstić information content (AvgIpc) is 3.51. The van der Waals surface area contributed by atoms with Crippen molar-refractivity contribution in [1.82, 2.24) is 9.88 Å². The van der Waals surface area contributed by atoms with E-state index in [-0.39, 0.29) is 22.3 Å². The van der Waals surface area contributed by atoms with Gasteiger partial charge in [0.1, 0.15) is 17.7 Å². The maximum absolute atomic E-state index is 13.5. The maximum Gasteiger partial charge on any atom is 0.299 e. The second-order valence-electron chi connectivity index (χ2n) is 9.29. The number of fused-ring (bicyclic) bond motifs is 1. The minimum Gasteiger partial charge on any atom is -0.323 e. The molecule has 5 rings (SSSR count). The van der Waals surface area contributed by atoms with Gasteiger partial charge < -0.3 is 10.2 Å². The van der Waals surface area contributed by atoms with E-state index in [1.54, 1.807) is 36.5 Å². The number of hydrogen-bond donors (Lipinski definition) is 1. The largest absolute Gasteiger partial charge is 0.323 e. The van der Waals surface area contributed by atoms with Gasteiger partial charge in [-0.15, -0.1) is 0 Å². The van der Waals surface area contributed by atoms with Gasteiger partial charge in [-0.2, -0.15) is 4.99 Å². The zero-order chi connectivity index (χ0) is 26.0. The normalized spacial score (nSPS) is 21.9. The monoisotopic (exact) mass is 493 g/mol. The number of aliphatic imine (C=N–C) groups is 2. The lowest BCUT2D eigenvalue weighted by Crippen LogP contribution is -2.44. The van der Waals surface area contributed by atoms with Crippen LogP contribution >= 0.6 is 0 Å². The highest BCUT2D eigenvalue weighted by Gasteiger charge is 2.47. The highest BCUT2D eigenvalue weighted by Crippen LogP contribution is 2.38. The smallest absolute Gasteiger partial charge is 0.299 e. The molecule has 3 aliphatic rings. The van der Waals surface area contributed by atoms with E-state index in [2.05, 4.69) is 34.1 Å². The number of rotatable bonds is 5. The van der Waals surface area contributed by atoms with Crippen molar-refractivity contribution in [3.8, 4) is 11.8 Å². The molecule has 2 atom stereocenters. The van der Waals surface area contributed by atoms with Gasteiger partial charge in [-0.1, -0.05) is 25.0 Å². The highest BCUT2D eigenvalue weighted by atomic mass is 16.2. The second kappa shape index (κ2) is 9.96. The number of quaternary nitrogens is 1. The molecule has 0 radical (unpaired) electrons. The summed E-state index contributed by atoms with van der Waals surface area (Å²) in [5, 5.41) is 2.95. The quantitative estimate of drug-likeness (QED) is 0.507. The maximum atomic E-state index is 13.5. The van der Waals surface area contributed by atoms with E-state index in [1.807, 2.05) is 43.6 Å². The highest BCUT2D eigenvalue weighted by molar-refractivity contribution is 6.13. The molecule has 2 amide bonds. The number of nitrogens with one attached hydrogen (secondary N) is 1. The van der Waals surface area contributed by atoms with E-state index in [1.165, 1.54) is 0 Å². The van der Waals surface area contributed by atoms with Crippen LogP contribution in [0.3, 0.4) is 0 Å². The van der Waals surface area contributed by atoms with Crippen molar-refractivity contribution in [3.05, 3.63) is 83.1 Å². The fourth-order valence-electron chi connectivity index (χ4n) is 5.10. The Bertz CT molecular complexity index is 1460. The van der Waals surface area contributed by atoms with Gasteiger partial charge in [-0.05, 0) is 61.9 Å². The van der Waals surface area contributed by atoms with E-state index in [9.17, 15) is 9.59 Å². The molecule has 1 N–H and O–H groups in total. The zero-order valence-electron chi connectivity index (χ0n) is 21.2. The summed E-state index contributed by atoms with van der Waals surface area (Å²) in [5.41, 5.74) is 3.99. The molecule has 1 aromatic carbocycles. The van der Waals surface area contributed by atoms with E-state index in [0.717, 1.165) is 36.2 Å². The summed E-state index contributed by atoms with van der Waals surface area (Å²) < 4.78 is 0.255. The number of allylic oxidation sites excluding steroid dienone is 1. The van der Waals surface area contributed by atoms with Crippen LogP contribution in [0.2, 0.25) is 0 Å². The minimum atomic E-state index is -0.258. The number of likely N-dealkylation sites (tertiary alicyclic amines) is 1. The number of aryl methyl sites for hydroxylation is 1. The van der Waals surface area contributed by atoms with E-state index >= 15 is 0 Å². The molecule has 1 saturated heterocycles. The van der Waals surface area contributed by atoms with Gasteiger partial charge in [0, 0.05) is 12.7 Å². The van der Waals surface area contributed by atoms with Crippen LogP contribution in [0.5, 0.6) is 0 Å². The number of benzene rings is 1. The number of carbonyl (C=O) groups excluding carboxylic acids is 2. The van der Waals surface area contributed by atoms with Gasteiger partial charge in [0.05, 0.1) is 36.6 Å². The molecule has 0 spiro atoms. The van der Waals surface area contributed by atoms with E-state index in [4.69, 9.17) is 4.99 Å². The summed E-state index contributed by atoms with van der Waals surface area (Å²) in [4.78, 5) is 41.8. The molecule has 37 heavy (non-hydrogen) atoms. The molecule has 2 unspecified atom stereocenters. The number of hydrogen-bond acceptors (Lipinski definition) is 5. The Hall–Kier alpha value is -4.35. The molecule has 1 aromatic heterocycles. The Morgan fingerprint density at radius 1 is 1.24 bits per heavy atom. The first-order chi connectivity index (χ1) is 18.0. The van der Waals surface area contributed by atoms with Crippen LogP contribution in [0.4, 0.5) is 5.82 Å². The van der Waals surface area contributed by atoms with Crippen LogP contribution in [-0.4, -0.2) is 57.9 Å². The van der Waals surface area contributed by atoms with Crippen LogP contribution in [0.1, 0.15) is 48.2 Å². The van der Waals surface area contributed by atoms with Gasteiger partial charge in [0.25, 0.3) is 11.8 Å². The van der Waals surface area contributed by atoms with Crippen molar-refractivity contribution in [1.29, 1.82) is 0 Å². The SMILES string of the molecule is CC#CC(=O)N1CCCC1C1=C2C=NC=C[N+]2(C)C(c2ccccc2C(=O)Nc2cc(CC)ccn2)=N1. The zero-order valence-corrected chi connectivity index (χ0v) is 21.2. The third-order valence-corrected chi connectivity index (χ3v) is 7.02. The molecule has 0 aliphatic carbocycles. The van der Waals surface area contributed by atoms with Crippen LogP contribution in [0.15, 0.2) is 76.4 Å². The average molecular weight is 494 g/mol. The molecule has 8 nitrogen and oxygen atoms in total. The first-order valence-corrected chi connectivity index (χ1v) is 12.5. The van der Waals surface area contributed by atoms with Gasteiger partial charge in [0.15, 0.2) is 5.70 Å². The molecule has 4 heterocycles. The number of amides is 2. The molecular weight excluding hydrogens is 464 g/mol. The summed E-state index contributed by atoms with van der Waals surface area (Å²) in [5.74, 6) is 6.15. The van der Waals surface area contributed by atoms with E-state index in [0.29, 0.717) is 29.3 Å². The predicted molar refractivity (Wildman–Crippen MR) is 144 cm³/mol. The lowest BCUT2D eigenvalue weighted by molar-refractivity contribution is -0.713. The number of pyridine rings is 1. The summed E-state index contributed by atoms with van der Waals surface area (Å²) in [6, 6.07) is 11.1. The fraction of sp³-hybridized carbons (Fsp3) is 0.276. The van der Waals surface area contributed by atoms with Crippen LogP contribution in [-0.2, 0) is 11.2 Å². The van der Waals surface area contributed by atoms with Crippen LogP contribution in [0, 0.1) is 11.8 Å². The van der Waals surface area contributed by atoms with Gasteiger partial charge >= 0.3 is 0 Å². The Morgan fingerprint density at radius 2 is 2.08 bits per heavy atom. The third kappa shape index (κ3) is 4.39. The molecule has 0 bridgehead atoms. The predicted octanol–water partition coefficient (Wildman–Crippen LogP) is 3.88. The topological polar surface area (TPSA) is 87.0 Å². The molecule has 2 aromatic rings. The minimum absolute atomic E-state index is 0.194. The van der Waals surface area contributed by atoms with E-state index < -0.39 is 0 Å². The number of aromatic nitrogens is 1. The summed E-state index contributed by atoms with van der Waals surface area (Å²) in [6.45, 7) is 4.36. The number of anilines is 1. The first-order valence-electron chi connectivity index (χ1n) is 12.5. The number of amidine groups is 1. The van der Waals surface area contributed by atoms with Gasteiger partial charge in [-0.3, -0.25) is 14.6 Å². The van der Waals surface area contributed by atoms with Crippen molar-refractivity contribution in [2.45, 2.75) is 39.2 Å². The Balaban J connectivity index is 1.55. The number of nitrogens with zero attached hydrogens (tertiary/aromatic N) is 5. The molecular formula is C29H29N6O2+. The molecule has 0 saturated carbocycles. The Labute approximate surface area is 216 Å². The van der Waals surface area contributed by atoms with Crippen molar-refractivity contribution in [2.24, 2.45) is 9.98 Å². The summed E-state index contributed by atoms with van der Waals surface area (Å²) in [6.07, 6.45) is 9.73. The van der Waals surface area contributed by atoms with Crippen molar-refractivity contribution >= 4 is 29.7 Å². The lowest BCUT2D eigenvalue weighted by atomic mass is 10.0. The van der Waals surface area contributed by atoms with Crippen molar-refractivity contribution < 1.29 is 14.1 Å². The standard InChI is InChI=1S/C29H28N6O2/c1-4-9-26(36)34-16-8-12-23(34)27-24-19-30-15-17-35(24,3)28(33-27)21-10-6-7-11-22(21)29(37)32-25-18-20(5-2)13-14-31-25/h6-7,10-11,13-15,17-19,23H,5,8,12,16H2,1-3H3/p+1. The van der Waals surface area contributed by atoms with Crippen molar-refractivity contribution in [3.63, 3.8) is 0 Å². The number of carbonyl (C=O) groups is 2. The fourth-order valence-corrected chi connectivity index (χ4v) is 5.10. The molecule has 1 fully saturated rings. The Morgan fingerprint density at radius 3 is 2.89 bits per heavy atom. The Kier molecular flexibility index (Phi) is 6.55. The summed E-state index contributed by atoms with van der Waals surface area (Å²) in [7, 11) is 2.02.